The van der Waals surface area contributed by atoms with Gasteiger partial charge in [-0.05, 0) is 11.6 Å². The highest BCUT2D eigenvalue weighted by atomic mass is 35.5. The average Bonchev–Trinajstić information content (AvgIpc) is 2.49. The molecule has 0 amide bonds. The van der Waals surface area contributed by atoms with Gasteiger partial charge in [0.25, 0.3) is 0 Å². The van der Waals surface area contributed by atoms with Gasteiger partial charge in [0.05, 0.1) is 13.0 Å². The molecule has 1 unspecified atom stereocenters. The third-order valence-corrected chi connectivity index (χ3v) is 3.48. The smallest absolute Gasteiger partial charge is 0.310 e. The predicted octanol–water partition coefficient (Wildman–Crippen LogP) is 2.16. The summed E-state index contributed by atoms with van der Waals surface area (Å²) in [4.78, 5) is 17.5. The standard InChI is InChI=1S/C15H22ClN3O2/c1-11(14(20)21-4)9-18-15(17-2)19(3)10-12-7-5-6-8-13(12)16/h5-8,11H,9-10H2,1-4H3,(H,17,18). The fraction of sp³-hybridized carbons (Fsp3) is 0.467. The molecule has 0 radical (unpaired) electrons. The molecule has 0 saturated heterocycles. The Hall–Kier alpha value is -1.75. The zero-order valence-electron chi connectivity index (χ0n) is 12.9. The molecule has 0 fully saturated rings. The lowest BCUT2D eigenvalue weighted by Gasteiger charge is -2.23. The van der Waals surface area contributed by atoms with E-state index < -0.39 is 0 Å². The molecule has 1 aromatic rings. The summed E-state index contributed by atoms with van der Waals surface area (Å²) in [7, 11) is 5.01. The number of nitrogens with one attached hydrogen (secondary N) is 1. The van der Waals surface area contributed by atoms with Gasteiger partial charge in [-0.2, -0.15) is 0 Å². The summed E-state index contributed by atoms with van der Waals surface area (Å²) < 4.78 is 4.70. The quantitative estimate of drug-likeness (QED) is 0.514. The Morgan fingerprint density at radius 1 is 1.48 bits per heavy atom. The largest absolute Gasteiger partial charge is 0.469 e. The molecule has 1 N–H and O–H groups in total. The molecule has 0 heterocycles. The summed E-state index contributed by atoms with van der Waals surface area (Å²) in [6, 6.07) is 7.69. The molecule has 0 bridgehead atoms. The first-order valence-corrected chi connectivity index (χ1v) is 7.10. The Balaban J connectivity index is 2.60. The third-order valence-electron chi connectivity index (χ3n) is 3.11. The van der Waals surface area contributed by atoms with E-state index in [4.69, 9.17) is 16.3 Å². The Morgan fingerprint density at radius 3 is 2.71 bits per heavy atom. The van der Waals surface area contributed by atoms with Crippen molar-refractivity contribution in [3.63, 3.8) is 0 Å². The first-order valence-electron chi connectivity index (χ1n) is 6.72. The van der Waals surface area contributed by atoms with E-state index in [1.54, 1.807) is 14.0 Å². The number of methoxy groups -OCH3 is 1. The lowest BCUT2D eigenvalue weighted by molar-refractivity contribution is -0.144. The summed E-state index contributed by atoms with van der Waals surface area (Å²) in [5, 5.41) is 3.88. The van der Waals surface area contributed by atoms with Gasteiger partial charge in [0.15, 0.2) is 5.96 Å². The summed E-state index contributed by atoms with van der Waals surface area (Å²) in [5.41, 5.74) is 1.02. The van der Waals surface area contributed by atoms with E-state index in [-0.39, 0.29) is 11.9 Å². The van der Waals surface area contributed by atoms with Crippen LogP contribution in [-0.2, 0) is 16.1 Å². The number of carbonyl (C=O) groups is 1. The summed E-state index contributed by atoms with van der Waals surface area (Å²) in [6.07, 6.45) is 0. The number of nitrogens with zero attached hydrogens (tertiary/aromatic N) is 2. The van der Waals surface area contributed by atoms with E-state index in [0.717, 1.165) is 10.6 Å². The van der Waals surface area contributed by atoms with Gasteiger partial charge in [0.2, 0.25) is 0 Å². The van der Waals surface area contributed by atoms with Crippen LogP contribution in [0.2, 0.25) is 5.02 Å². The molecule has 0 aliphatic heterocycles. The normalized spacial score (nSPS) is 12.7. The van der Waals surface area contributed by atoms with Gasteiger partial charge in [0.1, 0.15) is 0 Å². The van der Waals surface area contributed by atoms with Crippen LogP contribution >= 0.6 is 11.6 Å². The topological polar surface area (TPSA) is 53.9 Å². The zero-order valence-corrected chi connectivity index (χ0v) is 13.6. The lowest BCUT2D eigenvalue weighted by Crippen LogP contribution is -2.41. The Bertz CT molecular complexity index is 505. The van der Waals surface area contributed by atoms with Crippen LogP contribution in [0.5, 0.6) is 0 Å². The highest BCUT2D eigenvalue weighted by Crippen LogP contribution is 2.16. The summed E-state index contributed by atoms with van der Waals surface area (Å²) in [6.45, 7) is 2.90. The van der Waals surface area contributed by atoms with Crippen molar-refractivity contribution in [3.8, 4) is 0 Å². The third kappa shape index (κ3) is 5.27. The van der Waals surface area contributed by atoms with E-state index in [1.807, 2.05) is 36.2 Å². The second-order valence-electron chi connectivity index (χ2n) is 4.80. The highest BCUT2D eigenvalue weighted by molar-refractivity contribution is 6.31. The van der Waals surface area contributed by atoms with Crippen molar-refractivity contribution < 1.29 is 9.53 Å². The van der Waals surface area contributed by atoms with Crippen molar-refractivity contribution in [3.05, 3.63) is 34.9 Å². The second kappa shape index (κ2) is 8.52. The number of benzene rings is 1. The summed E-state index contributed by atoms with van der Waals surface area (Å²) >= 11 is 6.16. The van der Waals surface area contributed by atoms with Crippen molar-refractivity contribution in [2.45, 2.75) is 13.5 Å². The minimum atomic E-state index is -0.244. The van der Waals surface area contributed by atoms with Gasteiger partial charge in [-0.25, -0.2) is 0 Å². The minimum Gasteiger partial charge on any atom is -0.469 e. The number of ether oxygens (including phenoxy) is 1. The molecule has 1 rings (SSSR count). The number of hydrogen-bond acceptors (Lipinski definition) is 3. The van der Waals surface area contributed by atoms with Gasteiger partial charge in [-0.3, -0.25) is 9.79 Å². The first-order chi connectivity index (χ1) is 9.99. The second-order valence-corrected chi connectivity index (χ2v) is 5.21. The maximum Gasteiger partial charge on any atom is 0.310 e. The van der Waals surface area contributed by atoms with Crippen LogP contribution in [0.3, 0.4) is 0 Å². The van der Waals surface area contributed by atoms with Crippen LogP contribution in [0.15, 0.2) is 29.3 Å². The molecule has 0 aliphatic carbocycles. The van der Waals surface area contributed by atoms with Gasteiger partial charge in [-0.15, -0.1) is 0 Å². The molecular weight excluding hydrogens is 290 g/mol. The van der Waals surface area contributed by atoms with Crippen LogP contribution in [0.25, 0.3) is 0 Å². The van der Waals surface area contributed by atoms with Crippen molar-refractivity contribution >= 4 is 23.5 Å². The van der Waals surface area contributed by atoms with Crippen LogP contribution in [0.4, 0.5) is 0 Å². The number of guanidine groups is 1. The number of rotatable bonds is 5. The molecule has 116 valence electrons. The fourth-order valence-electron chi connectivity index (χ4n) is 1.87. The van der Waals surface area contributed by atoms with Gasteiger partial charge in [0, 0.05) is 32.2 Å². The highest BCUT2D eigenvalue weighted by Gasteiger charge is 2.15. The van der Waals surface area contributed by atoms with Crippen molar-refractivity contribution in [2.75, 3.05) is 27.7 Å². The Morgan fingerprint density at radius 2 is 2.14 bits per heavy atom. The molecular formula is C15H22ClN3O2. The van der Waals surface area contributed by atoms with Crippen LogP contribution < -0.4 is 5.32 Å². The molecule has 5 nitrogen and oxygen atoms in total. The monoisotopic (exact) mass is 311 g/mol. The van der Waals surface area contributed by atoms with Crippen LogP contribution in [0.1, 0.15) is 12.5 Å². The number of carbonyl (C=O) groups excluding carboxylic acids is 1. The summed E-state index contributed by atoms with van der Waals surface area (Å²) in [5.74, 6) is 0.220. The zero-order chi connectivity index (χ0) is 15.8. The van der Waals surface area contributed by atoms with E-state index in [1.165, 1.54) is 7.11 Å². The SMILES string of the molecule is CN=C(NCC(C)C(=O)OC)N(C)Cc1ccccc1Cl. The molecule has 6 heteroatoms. The van der Waals surface area contributed by atoms with Crippen LogP contribution in [-0.4, -0.2) is 44.6 Å². The molecule has 0 aliphatic rings. The minimum absolute atomic E-state index is 0.236. The van der Waals surface area contributed by atoms with Crippen LogP contribution in [0, 0.1) is 5.92 Å². The fourth-order valence-corrected chi connectivity index (χ4v) is 2.07. The van der Waals surface area contributed by atoms with Gasteiger partial charge >= 0.3 is 5.97 Å². The van der Waals surface area contributed by atoms with Crippen molar-refractivity contribution in [1.82, 2.24) is 10.2 Å². The number of aliphatic imine (C=N–C) groups is 1. The Labute approximate surface area is 130 Å². The van der Waals surface area contributed by atoms with Gasteiger partial charge in [-0.1, -0.05) is 36.7 Å². The van der Waals surface area contributed by atoms with E-state index in [2.05, 4.69) is 10.3 Å². The number of esters is 1. The average molecular weight is 312 g/mol. The van der Waals surface area contributed by atoms with Crippen molar-refractivity contribution in [2.24, 2.45) is 10.9 Å². The molecule has 0 aromatic heterocycles. The van der Waals surface area contributed by atoms with E-state index in [9.17, 15) is 4.79 Å². The number of halogens is 1. The first kappa shape index (κ1) is 17.3. The maximum atomic E-state index is 11.4. The predicted molar refractivity (Wildman–Crippen MR) is 85.5 cm³/mol. The van der Waals surface area contributed by atoms with E-state index >= 15 is 0 Å². The number of hydrogen-bond donors (Lipinski definition) is 1. The molecule has 0 saturated carbocycles. The molecule has 21 heavy (non-hydrogen) atoms. The van der Waals surface area contributed by atoms with Gasteiger partial charge < -0.3 is 15.0 Å². The molecule has 1 aromatic carbocycles. The lowest BCUT2D eigenvalue weighted by atomic mass is 10.2. The molecule has 0 spiro atoms. The Kier molecular flexibility index (Phi) is 7.02. The maximum absolute atomic E-state index is 11.4. The van der Waals surface area contributed by atoms with Crippen molar-refractivity contribution in [1.29, 1.82) is 0 Å². The van der Waals surface area contributed by atoms with E-state index in [0.29, 0.717) is 19.0 Å². The molecule has 1 atom stereocenters.